The van der Waals surface area contributed by atoms with E-state index in [1.165, 1.54) is 25.1 Å². The maximum Gasteiger partial charge on any atom is 0.257 e. The number of morpholine rings is 1. The number of nitrogens with zero attached hydrogens (tertiary/aromatic N) is 2. The van der Waals surface area contributed by atoms with Gasteiger partial charge in [0.25, 0.3) is 5.91 Å². The Morgan fingerprint density at radius 1 is 1.16 bits per heavy atom. The molecule has 1 unspecified atom stereocenters. The third kappa shape index (κ3) is 5.96. The minimum absolute atomic E-state index is 0.151. The topological polar surface area (TPSA) is 148 Å². The van der Waals surface area contributed by atoms with Gasteiger partial charge < -0.3 is 40.6 Å². The van der Waals surface area contributed by atoms with Crippen LogP contribution in [0.15, 0.2) is 59.4 Å². The molecule has 1 saturated heterocycles. The molecule has 11 nitrogen and oxygen atoms in total. The molecule has 0 aliphatic carbocycles. The number of phenols is 1. The van der Waals surface area contributed by atoms with Crippen LogP contribution >= 0.6 is 0 Å². The van der Waals surface area contributed by atoms with Gasteiger partial charge in [0.2, 0.25) is 5.91 Å². The second-order valence-corrected chi connectivity index (χ2v) is 8.96. The van der Waals surface area contributed by atoms with Crippen molar-refractivity contribution >= 4 is 29.4 Å². The number of amides is 2. The fourth-order valence-electron chi connectivity index (χ4n) is 3.99. The van der Waals surface area contributed by atoms with Crippen LogP contribution in [0.4, 0.5) is 5.69 Å². The average molecular weight is 522 g/mol. The highest BCUT2D eigenvalue weighted by Gasteiger charge is 2.28. The average Bonchev–Trinajstić information content (AvgIpc) is 2.92. The Labute approximate surface area is 220 Å². The van der Waals surface area contributed by atoms with E-state index in [0.717, 1.165) is 11.3 Å². The van der Waals surface area contributed by atoms with Crippen LogP contribution in [0.5, 0.6) is 17.2 Å². The first-order valence-corrected chi connectivity index (χ1v) is 12.0. The number of allylic oxidation sites excluding steroid dienone is 1. The molecule has 0 aromatic heterocycles. The second-order valence-electron chi connectivity index (χ2n) is 8.96. The summed E-state index contributed by atoms with van der Waals surface area (Å²) in [4.78, 5) is 31.6. The molecule has 1 atom stereocenters. The van der Waals surface area contributed by atoms with Crippen LogP contribution in [0.25, 0.3) is 5.70 Å². The molecule has 2 aliphatic rings. The summed E-state index contributed by atoms with van der Waals surface area (Å²) in [6.07, 6.45) is 4.89. The smallest absolute Gasteiger partial charge is 0.257 e. The van der Waals surface area contributed by atoms with Gasteiger partial charge in [-0.15, -0.1) is 0 Å². The number of phenolic OH excluding ortho intramolecular Hbond substituents is 1. The lowest BCUT2D eigenvalue weighted by Gasteiger charge is -2.27. The lowest BCUT2D eigenvalue weighted by molar-refractivity contribution is -0.119. The van der Waals surface area contributed by atoms with Crippen molar-refractivity contribution in [3.63, 3.8) is 0 Å². The van der Waals surface area contributed by atoms with E-state index in [2.05, 4.69) is 15.6 Å². The Morgan fingerprint density at radius 3 is 2.58 bits per heavy atom. The van der Waals surface area contributed by atoms with Crippen LogP contribution in [-0.2, 0) is 9.53 Å². The molecule has 200 valence electrons. The number of anilines is 1. The van der Waals surface area contributed by atoms with E-state index in [9.17, 15) is 14.7 Å². The molecule has 11 heteroatoms. The number of ether oxygens (including phenoxy) is 3. The maximum atomic E-state index is 13.0. The predicted molar refractivity (Wildman–Crippen MR) is 143 cm³/mol. The summed E-state index contributed by atoms with van der Waals surface area (Å²) in [7, 11) is 3.13. The van der Waals surface area contributed by atoms with Crippen LogP contribution in [0.3, 0.4) is 0 Å². The van der Waals surface area contributed by atoms with Crippen molar-refractivity contribution in [2.45, 2.75) is 12.5 Å². The predicted octanol–water partition coefficient (Wildman–Crippen LogP) is 2.09. The molecule has 2 heterocycles. The van der Waals surface area contributed by atoms with Gasteiger partial charge in [-0.25, -0.2) is 4.99 Å². The van der Waals surface area contributed by atoms with Crippen molar-refractivity contribution in [1.82, 2.24) is 10.2 Å². The number of hydrogen-bond donors (Lipinski definition) is 4. The Bertz CT molecular complexity index is 1310. The lowest BCUT2D eigenvalue weighted by atomic mass is 10.0. The zero-order valence-electron chi connectivity index (χ0n) is 21.5. The highest BCUT2D eigenvalue weighted by atomic mass is 16.5. The fourth-order valence-corrected chi connectivity index (χ4v) is 3.99. The molecule has 38 heavy (non-hydrogen) atoms. The van der Waals surface area contributed by atoms with E-state index in [1.54, 1.807) is 43.5 Å². The molecule has 0 radical (unpaired) electrons. The minimum atomic E-state index is -1.46. The number of aromatic hydroxyl groups is 1. The van der Waals surface area contributed by atoms with Gasteiger partial charge in [0.15, 0.2) is 11.5 Å². The number of benzene rings is 2. The van der Waals surface area contributed by atoms with E-state index >= 15 is 0 Å². The third-order valence-corrected chi connectivity index (χ3v) is 6.12. The molecule has 1 fully saturated rings. The number of nitrogens with two attached hydrogens (primary N) is 1. The largest absolute Gasteiger partial charge is 0.507 e. The molecule has 2 aromatic rings. The molecule has 5 N–H and O–H groups in total. The third-order valence-electron chi connectivity index (χ3n) is 6.12. The summed E-state index contributed by atoms with van der Waals surface area (Å²) < 4.78 is 15.9. The fraction of sp³-hybridized carbons (Fsp3) is 0.296. The van der Waals surface area contributed by atoms with E-state index in [4.69, 9.17) is 19.9 Å². The van der Waals surface area contributed by atoms with Gasteiger partial charge in [-0.2, -0.15) is 0 Å². The Morgan fingerprint density at radius 2 is 1.89 bits per heavy atom. The summed E-state index contributed by atoms with van der Waals surface area (Å²) in [5.74, 6) is 0.497. The molecule has 2 aromatic carbocycles. The number of carbonyl (C=O) groups is 2. The Kier molecular flexibility index (Phi) is 7.99. The zero-order valence-corrected chi connectivity index (χ0v) is 21.5. The van der Waals surface area contributed by atoms with E-state index in [-0.39, 0.29) is 17.2 Å². The first-order valence-electron chi connectivity index (χ1n) is 12.0. The van der Waals surface area contributed by atoms with Crippen LogP contribution in [0.1, 0.15) is 22.8 Å². The summed E-state index contributed by atoms with van der Waals surface area (Å²) in [6, 6.07) is 9.82. The Balaban J connectivity index is 1.44. The molecule has 4 rings (SSSR count). The summed E-state index contributed by atoms with van der Waals surface area (Å²) >= 11 is 0. The number of rotatable bonds is 7. The number of nitrogens with one attached hydrogen (secondary N) is 2. The quantitative estimate of drug-likeness (QED) is 0.433. The molecule has 0 spiro atoms. The van der Waals surface area contributed by atoms with Gasteiger partial charge >= 0.3 is 0 Å². The van der Waals surface area contributed by atoms with Crippen molar-refractivity contribution in [3.05, 3.63) is 65.5 Å². The number of hydrogen-bond acceptors (Lipinski definition) is 9. The molecule has 0 bridgehead atoms. The number of aliphatic imine (C=N–C) groups is 1. The summed E-state index contributed by atoms with van der Waals surface area (Å²) in [5.41, 5.74) is 6.87. The first kappa shape index (κ1) is 26.7. The van der Waals surface area contributed by atoms with Crippen LogP contribution in [0.2, 0.25) is 0 Å². The van der Waals surface area contributed by atoms with E-state index in [1.807, 2.05) is 12.1 Å². The second kappa shape index (κ2) is 11.4. The van der Waals surface area contributed by atoms with Crippen molar-refractivity contribution < 1.29 is 28.9 Å². The zero-order chi connectivity index (χ0) is 27.3. The molecule has 2 amide bonds. The van der Waals surface area contributed by atoms with E-state index in [0.29, 0.717) is 49.3 Å². The van der Waals surface area contributed by atoms with Gasteiger partial charge in [0, 0.05) is 42.3 Å². The van der Waals surface area contributed by atoms with Gasteiger partial charge in [-0.3, -0.25) is 9.59 Å². The first-order chi connectivity index (χ1) is 18.2. The SMILES string of the molecule is COc1ccc(C2=CC=N/C(=C/C(C)(N)C(=O)Nc3ccc(C(=O)N4CCOCC4)c(O)c3)N2)cc1OC. The minimum Gasteiger partial charge on any atom is -0.507 e. The van der Waals surface area contributed by atoms with Crippen molar-refractivity contribution in [1.29, 1.82) is 0 Å². The lowest BCUT2D eigenvalue weighted by Crippen LogP contribution is -2.47. The highest BCUT2D eigenvalue weighted by Crippen LogP contribution is 2.30. The molecular formula is C27H31N5O6. The summed E-state index contributed by atoms with van der Waals surface area (Å²) in [5, 5.41) is 16.3. The standard InChI is InChI=1S/C27H31N5O6/c1-27(28,16-24-29-9-8-20(31-24)17-4-7-22(36-2)23(14-17)37-3)26(35)30-18-5-6-19(21(33)15-18)25(34)32-10-12-38-13-11-32/h4-9,14-16,31,33H,10-13,28H2,1-3H3,(H,30,35)/b24-16-. The highest BCUT2D eigenvalue weighted by molar-refractivity contribution is 6.01. The summed E-state index contributed by atoms with van der Waals surface area (Å²) in [6.45, 7) is 3.36. The van der Waals surface area contributed by atoms with Crippen LogP contribution < -0.4 is 25.8 Å². The van der Waals surface area contributed by atoms with Crippen molar-refractivity contribution in [2.24, 2.45) is 10.7 Å². The van der Waals surface area contributed by atoms with Crippen molar-refractivity contribution in [2.75, 3.05) is 45.8 Å². The normalized spacial score (nSPS) is 17.7. The van der Waals surface area contributed by atoms with Crippen molar-refractivity contribution in [3.8, 4) is 17.2 Å². The molecule has 2 aliphatic heterocycles. The van der Waals surface area contributed by atoms with Gasteiger partial charge in [0.05, 0.1) is 33.0 Å². The molecule has 0 saturated carbocycles. The van der Waals surface area contributed by atoms with Gasteiger partial charge in [0.1, 0.15) is 17.1 Å². The monoisotopic (exact) mass is 521 g/mol. The molecular weight excluding hydrogens is 490 g/mol. The maximum absolute atomic E-state index is 13.0. The number of methoxy groups -OCH3 is 2. The number of carbonyl (C=O) groups excluding carboxylic acids is 2. The van der Waals surface area contributed by atoms with Crippen LogP contribution in [-0.4, -0.2) is 74.1 Å². The Hall–Kier alpha value is -4.35. The van der Waals surface area contributed by atoms with E-state index < -0.39 is 11.4 Å². The van der Waals surface area contributed by atoms with Gasteiger partial charge in [-0.1, -0.05) is 0 Å². The van der Waals surface area contributed by atoms with Gasteiger partial charge in [-0.05, 0) is 49.4 Å². The van der Waals surface area contributed by atoms with Crippen LogP contribution in [0, 0.1) is 0 Å².